The predicted molar refractivity (Wildman–Crippen MR) is 115 cm³/mol. The number of anilines is 1. The van der Waals surface area contributed by atoms with E-state index in [1.807, 2.05) is 30.3 Å². The first-order valence-corrected chi connectivity index (χ1v) is 11.5. The number of benzene rings is 2. The number of piperidine rings is 1. The van der Waals surface area contributed by atoms with Crippen LogP contribution in [0.25, 0.3) is 5.69 Å². The second kappa shape index (κ2) is 8.81. The van der Waals surface area contributed by atoms with Crippen molar-refractivity contribution in [2.45, 2.75) is 30.6 Å². The molecule has 0 aliphatic carbocycles. The summed E-state index contributed by atoms with van der Waals surface area (Å²) in [5.74, 6) is -0.288. The molecular weight excluding hydrogens is 400 g/mol. The lowest BCUT2D eigenvalue weighted by atomic mass is 10.2. The lowest BCUT2D eigenvalue weighted by Crippen LogP contribution is -2.36. The first-order valence-electron chi connectivity index (χ1n) is 10.0. The number of rotatable bonds is 6. The molecule has 2 aromatic carbocycles. The number of sulfonamides is 1. The number of carbonyl (C=O) groups excluding carboxylic acids is 1. The lowest BCUT2D eigenvalue weighted by molar-refractivity contribution is -0.115. The van der Waals surface area contributed by atoms with Crippen LogP contribution in [0.5, 0.6) is 0 Å². The van der Waals surface area contributed by atoms with Crippen molar-refractivity contribution in [3.63, 3.8) is 0 Å². The van der Waals surface area contributed by atoms with Gasteiger partial charge in [0.05, 0.1) is 24.0 Å². The van der Waals surface area contributed by atoms with E-state index in [0.29, 0.717) is 18.8 Å². The Kier molecular flexibility index (Phi) is 5.96. The predicted octanol–water partition coefficient (Wildman–Crippen LogP) is 3.23. The molecule has 3 aromatic rings. The van der Waals surface area contributed by atoms with Crippen molar-refractivity contribution in [1.29, 1.82) is 0 Å². The summed E-state index contributed by atoms with van der Waals surface area (Å²) in [5.41, 5.74) is 1.96. The SMILES string of the molecule is O=C(Cc1cnn(-c2ccccc2)c1)Nc1ccccc1S(=O)(=O)N1CCCCC1. The Morgan fingerprint density at radius 2 is 1.67 bits per heavy atom. The van der Waals surface area contributed by atoms with Gasteiger partial charge in [0.1, 0.15) is 4.90 Å². The van der Waals surface area contributed by atoms with Gasteiger partial charge in [-0.1, -0.05) is 36.8 Å². The monoisotopic (exact) mass is 424 g/mol. The van der Waals surface area contributed by atoms with Crippen molar-refractivity contribution in [2.24, 2.45) is 0 Å². The summed E-state index contributed by atoms with van der Waals surface area (Å²) in [6, 6.07) is 16.2. The Hall–Kier alpha value is -2.97. The number of nitrogens with one attached hydrogen (secondary N) is 1. The minimum absolute atomic E-state index is 0.102. The van der Waals surface area contributed by atoms with E-state index < -0.39 is 10.0 Å². The number of aromatic nitrogens is 2. The van der Waals surface area contributed by atoms with E-state index in [2.05, 4.69) is 10.4 Å². The maximum atomic E-state index is 13.1. The molecule has 1 saturated heterocycles. The van der Waals surface area contributed by atoms with E-state index in [4.69, 9.17) is 0 Å². The summed E-state index contributed by atoms with van der Waals surface area (Å²) in [5, 5.41) is 7.07. The molecule has 0 bridgehead atoms. The molecule has 1 aliphatic heterocycles. The Labute approximate surface area is 176 Å². The highest BCUT2D eigenvalue weighted by Gasteiger charge is 2.28. The van der Waals surface area contributed by atoms with Crippen molar-refractivity contribution >= 4 is 21.6 Å². The van der Waals surface area contributed by atoms with Gasteiger partial charge in [-0.05, 0) is 42.7 Å². The molecule has 0 radical (unpaired) electrons. The zero-order chi connectivity index (χ0) is 21.0. The largest absolute Gasteiger partial charge is 0.325 e. The van der Waals surface area contributed by atoms with Crippen LogP contribution in [0.15, 0.2) is 71.9 Å². The van der Waals surface area contributed by atoms with E-state index in [9.17, 15) is 13.2 Å². The molecule has 1 amide bonds. The second-order valence-electron chi connectivity index (χ2n) is 7.31. The summed E-state index contributed by atoms with van der Waals surface area (Å²) in [6.07, 6.45) is 6.30. The van der Waals surface area contributed by atoms with Crippen LogP contribution in [0.4, 0.5) is 5.69 Å². The Morgan fingerprint density at radius 3 is 2.43 bits per heavy atom. The van der Waals surface area contributed by atoms with Crippen LogP contribution in [0, 0.1) is 0 Å². The van der Waals surface area contributed by atoms with Gasteiger partial charge in [-0.2, -0.15) is 9.40 Å². The Bertz CT molecular complexity index is 1120. The molecule has 0 atom stereocenters. The molecule has 8 heteroatoms. The summed E-state index contributed by atoms with van der Waals surface area (Å²) in [6.45, 7) is 1.03. The number of amides is 1. The number of para-hydroxylation sites is 2. The van der Waals surface area contributed by atoms with Crippen LogP contribution >= 0.6 is 0 Å². The first-order chi connectivity index (χ1) is 14.5. The molecule has 1 fully saturated rings. The van der Waals surface area contributed by atoms with Crippen LogP contribution in [0.2, 0.25) is 0 Å². The van der Waals surface area contributed by atoms with Gasteiger partial charge in [-0.25, -0.2) is 13.1 Å². The third-order valence-electron chi connectivity index (χ3n) is 5.12. The van der Waals surface area contributed by atoms with Crippen molar-refractivity contribution in [1.82, 2.24) is 14.1 Å². The van der Waals surface area contributed by atoms with Crippen molar-refractivity contribution in [3.05, 3.63) is 72.6 Å². The summed E-state index contributed by atoms with van der Waals surface area (Å²) < 4.78 is 29.3. The van der Waals surface area contributed by atoms with Gasteiger partial charge >= 0.3 is 0 Å². The number of hydrogen-bond acceptors (Lipinski definition) is 4. The molecule has 0 saturated carbocycles. The Balaban J connectivity index is 1.49. The fraction of sp³-hybridized carbons (Fsp3) is 0.273. The zero-order valence-electron chi connectivity index (χ0n) is 16.6. The zero-order valence-corrected chi connectivity index (χ0v) is 17.4. The van der Waals surface area contributed by atoms with E-state index in [1.165, 1.54) is 4.31 Å². The minimum atomic E-state index is -3.64. The van der Waals surface area contributed by atoms with E-state index in [1.54, 1.807) is 41.3 Å². The molecule has 156 valence electrons. The quantitative estimate of drug-likeness (QED) is 0.658. The van der Waals surface area contributed by atoms with E-state index >= 15 is 0 Å². The van der Waals surface area contributed by atoms with Crippen molar-refractivity contribution < 1.29 is 13.2 Å². The molecule has 2 heterocycles. The molecule has 7 nitrogen and oxygen atoms in total. The topological polar surface area (TPSA) is 84.3 Å². The minimum Gasteiger partial charge on any atom is -0.325 e. The average Bonchev–Trinajstić information content (AvgIpc) is 3.23. The summed E-state index contributed by atoms with van der Waals surface area (Å²) >= 11 is 0. The molecular formula is C22H24N4O3S. The lowest BCUT2D eigenvalue weighted by Gasteiger charge is -2.26. The summed E-state index contributed by atoms with van der Waals surface area (Å²) in [7, 11) is -3.64. The number of nitrogens with zero attached hydrogens (tertiary/aromatic N) is 3. The number of carbonyl (C=O) groups is 1. The van der Waals surface area contributed by atoms with Crippen molar-refractivity contribution in [3.8, 4) is 5.69 Å². The highest BCUT2D eigenvalue weighted by atomic mass is 32.2. The highest BCUT2D eigenvalue weighted by molar-refractivity contribution is 7.89. The molecule has 1 aromatic heterocycles. The van der Waals surface area contributed by atoms with Gasteiger partial charge in [-0.15, -0.1) is 0 Å². The molecule has 1 N–H and O–H groups in total. The maximum absolute atomic E-state index is 13.1. The van der Waals surface area contributed by atoms with Gasteiger partial charge in [-0.3, -0.25) is 4.79 Å². The molecule has 1 aliphatic rings. The van der Waals surface area contributed by atoms with Crippen molar-refractivity contribution in [2.75, 3.05) is 18.4 Å². The fourth-order valence-electron chi connectivity index (χ4n) is 3.59. The van der Waals surface area contributed by atoms with Crippen LogP contribution in [0.1, 0.15) is 24.8 Å². The van der Waals surface area contributed by atoms with Gasteiger partial charge in [0.15, 0.2) is 0 Å². The molecule has 0 unspecified atom stereocenters. The smallest absolute Gasteiger partial charge is 0.245 e. The second-order valence-corrected chi connectivity index (χ2v) is 9.22. The third-order valence-corrected chi connectivity index (χ3v) is 7.07. The van der Waals surface area contributed by atoms with Crippen LogP contribution in [0.3, 0.4) is 0 Å². The van der Waals surface area contributed by atoms with Gasteiger partial charge in [0.25, 0.3) is 0 Å². The Morgan fingerprint density at radius 1 is 0.967 bits per heavy atom. The first kappa shape index (κ1) is 20.3. The van der Waals surface area contributed by atoms with Crippen LogP contribution < -0.4 is 5.32 Å². The molecule has 30 heavy (non-hydrogen) atoms. The van der Waals surface area contributed by atoms with E-state index in [-0.39, 0.29) is 17.2 Å². The summed E-state index contributed by atoms with van der Waals surface area (Å²) in [4.78, 5) is 12.8. The van der Waals surface area contributed by atoms with Gasteiger partial charge in [0.2, 0.25) is 15.9 Å². The number of hydrogen-bond donors (Lipinski definition) is 1. The fourth-order valence-corrected chi connectivity index (χ4v) is 5.26. The van der Waals surface area contributed by atoms with Crippen LogP contribution in [-0.2, 0) is 21.2 Å². The van der Waals surface area contributed by atoms with Gasteiger partial charge < -0.3 is 5.32 Å². The highest BCUT2D eigenvalue weighted by Crippen LogP contribution is 2.27. The van der Waals surface area contributed by atoms with E-state index in [0.717, 1.165) is 30.5 Å². The standard InChI is InChI=1S/C22H24N4O3S/c27-22(15-18-16-23-26(17-18)19-9-3-1-4-10-19)24-20-11-5-6-12-21(20)30(28,29)25-13-7-2-8-14-25/h1,3-6,9-12,16-17H,2,7-8,13-15H2,(H,24,27). The maximum Gasteiger partial charge on any atom is 0.245 e. The molecule has 4 rings (SSSR count). The van der Waals surface area contributed by atoms with Gasteiger partial charge in [0, 0.05) is 19.3 Å². The third kappa shape index (κ3) is 4.44. The van der Waals surface area contributed by atoms with Crippen LogP contribution in [-0.4, -0.2) is 41.5 Å². The average molecular weight is 425 g/mol. The normalized spacial score (nSPS) is 15.1. The molecule has 0 spiro atoms.